The van der Waals surface area contributed by atoms with Crippen molar-refractivity contribution in [3.63, 3.8) is 0 Å². The van der Waals surface area contributed by atoms with Crippen LogP contribution >= 0.6 is 50.5 Å². The molecule has 1 nitrogen and oxygen atoms in total. The molecule has 0 saturated heterocycles. The quantitative estimate of drug-likeness (QED) is 0.662. The molecule has 0 amide bonds. The summed E-state index contributed by atoms with van der Waals surface area (Å²) in [7, 11) is 0. The van der Waals surface area contributed by atoms with Crippen LogP contribution in [0.5, 0.6) is 5.75 Å². The number of ether oxygens (including phenoxy) is 1. The molecule has 1 aromatic heterocycles. The Morgan fingerprint density at radius 2 is 2.06 bits per heavy atom. The molecule has 2 aromatic rings. The van der Waals surface area contributed by atoms with Gasteiger partial charge in [0.25, 0.3) is 0 Å². The van der Waals surface area contributed by atoms with Gasteiger partial charge in [-0.1, -0.05) is 17.7 Å². The lowest BCUT2D eigenvalue weighted by Gasteiger charge is -2.07. The van der Waals surface area contributed by atoms with Crippen LogP contribution in [0.2, 0.25) is 4.34 Å². The molecular weight excluding hydrogens is 343 g/mol. The number of hydrogen-bond donors (Lipinski definition) is 0. The van der Waals surface area contributed by atoms with Gasteiger partial charge in [-0.15, -0.1) is 22.9 Å². The van der Waals surface area contributed by atoms with Gasteiger partial charge in [-0.05, 0) is 45.8 Å². The van der Waals surface area contributed by atoms with Crippen molar-refractivity contribution in [3.8, 4) is 5.75 Å². The fourth-order valence-corrected chi connectivity index (χ4v) is 3.03. The van der Waals surface area contributed by atoms with E-state index < -0.39 is 0 Å². The minimum atomic E-state index is 0.499. The second kappa shape index (κ2) is 6.10. The summed E-state index contributed by atoms with van der Waals surface area (Å²) in [5.74, 6) is 1.31. The van der Waals surface area contributed by atoms with Crippen molar-refractivity contribution >= 4 is 50.5 Å². The third-order valence-corrected chi connectivity index (χ3v) is 4.28. The molecule has 1 aromatic carbocycles. The highest BCUT2D eigenvalue weighted by molar-refractivity contribution is 9.10. The summed E-state index contributed by atoms with van der Waals surface area (Å²) in [5.41, 5.74) is 1.06. The van der Waals surface area contributed by atoms with Crippen molar-refractivity contribution in [2.24, 2.45) is 0 Å². The van der Waals surface area contributed by atoms with E-state index in [1.807, 2.05) is 30.3 Å². The Labute approximate surface area is 122 Å². The van der Waals surface area contributed by atoms with Crippen LogP contribution in [0.15, 0.2) is 34.8 Å². The lowest BCUT2D eigenvalue weighted by molar-refractivity contribution is 0.308. The van der Waals surface area contributed by atoms with E-state index in [-0.39, 0.29) is 0 Å². The molecule has 90 valence electrons. The molecule has 0 atom stereocenters. The van der Waals surface area contributed by atoms with Crippen molar-refractivity contribution in [1.82, 2.24) is 0 Å². The zero-order valence-corrected chi connectivity index (χ0v) is 12.7. The molecule has 0 bridgehead atoms. The monoisotopic (exact) mass is 350 g/mol. The first kappa shape index (κ1) is 13.2. The molecule has 1 heterocycles. The fourth-order valence-electron chi connectivity index (χ4n) is 1.32. The van der Waals surface area contributed by atoms with E-state index in [1.54, 1.807) is 0 Å². The van der Waals surface area contributed by atoms with E-state index >= 15 is 0 Å². The molecule has 17 heavy (non-hydrogen) atoms. The topological polar surface area (TPSA) is 9.23 Å². The predicted octanol–water partition coefficient (Wildman–Crippen LogP) is 5.48. The van der Waals surface area contributed by atoms with Crippen molar-refractivity contribution in [3.05, 3.63) is 49.6 Å². The molecule has 0 spiro atoms. The molecule has 0 aliphatic heterocycles. The van der Waals surface area contributed by atoms with Gasteiger partial charge in [0.15, 0.2) is 0 Å². The summed E-state index contributed by atoms with van der Waals surface area (Å²) < 4.78 is 7.39. The van der Waals surface area contributed by atoms with Crippen LogP contribution < -0.4 is 4.74 Å². The van der Waals surface area contributed by atoms with Crippen molar-refractivity contribution in [2.75, 3.05) is 0 Å². The van der Waals surface area contributed by atoms with Crippen LogP contribution in [0.25, 0.3) is 0 Å². The average molecular weight is 352 g/mol. The molecule has 0 aliphatic carbocycles. The number of thiophene rings is 1. The Balaban J connectivity index is 2.04. The summed E-state index contributed by atoms with van der Waals surface area (Å²) in [6, 6.07) is 9.67. The van der Waals surface area contributed by atoms with Crippen LogP contribution in [0.1, 0.15) is 10.4 Å². The second-order valence-corrected chi connectivity index (χ2v) is 6.31. The van der Waals surface area contributed by atoms with Crippen molar-refractivity contribution in [1.29, 1.82) is 0 Å². The van der Waals surface area contributed by atoms with E-state index in [1.165, 1.54) is 11.3 Å². The highest BCUT2D eigenvalue weighted by Crippen LogP contribution is 2.29. The second-order valence-electron chi connectivity index (χ2n) is 3.39. The third-order valence-electron chi connectivity index (χ3n) is 2.15. The molecular formula is C12H9BrCl2OS. The SMILES string of the molecule is ClCc1ccc(OCc2ccc(Cl)s2)c(Br)c1. The summed E-state index contributed by atoms with van der Waals surface area (Å²) in [4.78, 5) is 1.10. The highest BCUT2D eigenvalue weighted by atomic mass is 79.9. The number of alkyl halides is 1. The van der Waals surface area contributed by atoms with Crippen LogP contribution in [0.3, 0.4) is 0 Å². The van der Waals surface area contributed by atoms with Crippen molar-refractivity contribution < 1.29 is 4.74 Å². The summed E-state index contributed by atoms with van der Waals surface area (Å²) in [6.07, 6.45) is 0. The first-order valence-corrected chi connectivity index (χ1v) is 7.42. The Morgan fingerprint density at radius 3 is 2.65 bits per heavy atom. The molecule has 0 N–H and O–H groups in total. The van der Waals surface area contributed by atoms with E-state index in [2.05, 4.69) is 15.9 Å². The highest BCUT2D eigenvalue weighted by Gasteiger charge is 2.04. The standard InChI is InChI=1S/C12H9BrCl2OS/c13-10-5-8(6-14)1-3-11(10)16-7-9-2-4-12(15)17-9/h1-5H,6-7H2. The maximum Gasteiger partial charge on any atom is 0.134 e. The number of rotatable bonds is 4. The Bertz CT molecular complexity index is 513. The smallest absolute Gasteiger partial charge is 0.134 e. The largest absolute Gasteiger partial charge is 0.487 e. The lowest BCUT2D eigenvalue weighted by atomic mass is 10.2. The average Bonchev–Trinajstić information content (AvgIpc) is 2.73. The molecule has 2 rings (SSSR count). The summed E-state index contributed by atoms with van der Waals surface area (Å²) in [5, 5.41) is 0. The van der Waals surface area contributed by atoms with E-state index in [0.29, 0.717) is 12.5 Å². The Morgan fingerprint density at radius 1 is 1.24 bits per heavy atom. The summed E-state index contributed by atoms with van der Waals surface area (Å²) >= 11 is 16.6. The van der Waals surface area contributed by atoms with Crippen LogP contribution in [0, 0.1) is 0 Å². The molecule has 0 aliphatic rings. The maximum atomic E-state index is 5.85. The van der Waals surface area contributed by atoms with Crippen LogP contribution in [0.4, 0.5) is 0 Å². The minimum absolute atomic E-state index is 0.499. The van der Waals surface area contributed by atoms with E-state index in [0.717, 1.165) is 25.0 Å². The first-order valence-electron chi connectivity index (χ1n) is 4.90. The number of hydrogen-bond acceptors (Lipinski definition) is 2. The first-order chi connectivity index (χ1) is 8.19. The van der Waals surface area contributed by atoms with Gasteiger partial charge in [0, 0.05) is 10.8 Å². The maximum absolute atomic E-state index is 5.85. The normalized spacial score (nSPS) is 10.5. The summed E-state index contributed by atoms with van der Waals surface area (Å²) in [6.45, 7) is 0.524. The van der Waals surface area contributed by atoms with Gasteiger partial charge >= 0.3 is 0 Å². The predicted molar refractivity (Wildman–Crippen MR) is 77.4 cm³/mol. The molecule has 0 fully saturated rings. The van der Waals surface area contributed by atoms with Gasteiger partial charge in [-0.3, -0.25) is 0 Å². The van der Waals surface area contributed by atoms with E-state index in [9.17, 15) is 0 Å². The Kier molecular flexibility index (Phi) is 4.74. The van der Waals surface area contributed by atoms with Gasteiger partial charge < -0.3 is 4.74 Å². The fraction of sp³-hybridized carbons (Fsp3) is 0.167. The molecule has 5 heteroatoms. The zero-order chi connectivity index (χ0) is 12.3. The number of halogens is 3. The van der Waals surface area contributed by atoms with Gasteiger partial charge in [-0.2, -0.15) is 0 Å². The third kappa shape index (κ3) is 3.62. The molecule has 0 saturated carbocycles. The van der Waals surface area contributed by atoms with Gasteiger partial charge in [-0.25, -0.2) is 0 Å². The van der Waals surface area contributed by atoms with Crippen LogP contribution in [-0.4, -0.2) is 0 Å². The molecule has 0 unspecified atom stereocenters. The van der Waals surface area contributed by atoms with Gasteiger partial charge in [0.05, 0.1) is 8.81 Å². The minimum Gasteiger partial charge on any atom is -0.487 e. The van der Waals surface area contributed by atoms with Gasteiger partial charge in [0.2, 0.25) is 0 Å². The lowest BCUT2D eigenvalue weighted by Crippen LogP contribution is -1.94. The number of benzene rings is 1. The molecule has 0 radical (unpaired) electrons. The van der Waals surface area contributed by atoms with Crippen molar-refractivity contribution in [2.45, 2.75) is 12.5 Å². The Hall–Kier alpha value is -0.220. The van der Waals surface area contributed by atoms with E-state index in [4.69, 9.17) is 27.9 Å². The zero-order valence-electron chi connectivity index (χ0n) is 8.75. The van der Waals surface area contributed by atoms with Gasteiger partial charge in [0.1, 0.15) is 12.4 Å². The van der Waals surface area contributed by atoms with Crippen LogP contribution in [-0.2, 0) is 12.5 Å².